The molecule has 0 saturated carbocycles. The molecular formula is C12H13N5O5S2. The summed E-state index contributed by atoms with van der Waals surface area (Å²) in [7, 11) is 1.53. The van der Waals surface area contributed by atoms with Crippen molar-refractivity contribution in [3.05, 3.63) is 22.1 Å². The van der Waals surface area contributed by atoms with Crippen LogP contribution in [0.25, 0.3) is 0 Å². The summed E-state index contributed by atoms with van der Waals surface area (Å²) >= 11 is 2.58. The van der Waals surface area contributed by atoms with Gasteiger partial charge < -0.3 is 15.9 Å². The van der Waals surface area contributed by atoms with E-state index in [-0.39, 0.29) is 10.9 Å². The number of fused-ring (bicyclic) bond motifs is 1. The van der Waals surface area contributed by atoms with Gasteiger partial charge in [-0.05, 0) is 6.08 Å². The van der Waals surface area contributed by atoms with Crippen LogP contribution >= 0.6 is 23.5 Å². The highest BCUT2D eigenvalue weighted by Gasteiger charge is 2.51. The van der Waals surface area contributed by atoms with Gasteiger partial charge in [-0.15, -0.1) is 16.9 Å². The fourth-order valence-electron chi connectivity index (χ4n) is 2.34. The predicted octanol–water partition coefficient (Wildman–Crippen LogP) is -1.45. The monoisotopic (exact) mass is 371 g/mol. The third-order valence-electron chi connectivity index (χ3n) is 3.51. The van der Waals surface area contributed by atoms with Crippen LogP contribution in [0.5, 0.6) is 5.88 Å². The summed E-state index contributed by atoms with van der Waals surface area (Å²) in [4.78, 5) is 39.3. The van der Waals surface area contributed by atoms with Gasteiger partial charge in [0.05, 0.1) is 0 Å². The molecule has 1 fully saturated rings. The Bertz CT molecular complexity index is 810. The van der Waals surface area contributed by atoms with Crippen LogP contribution in [0.2, 0.25) is 0 Å². The van der Waals surface area contributed by atoms with Crippen molar-refractivity contribution in [3.8, 4) is 5.88 Å². The van der Waals surface area contributed by atoms with Crippen LogP contribution in [-0.2, 0) is 16.6 Å². The number of aliphatic carboxylic acids is 1. The zero-order valence-corrected chi connectivity index (χ0v) is 14.0. The quantitative estimate of drug-likeness (QED) is 0.423. The number of hydrogen-bond acceptors (Lipinski definition) is 9. The maximum atomic E-state index is 11.7. The Hall–Kier alpha value is -2.05. The maximum Gasteiger partial charge on any atom is 0.352 e. The number of nitrogens with zero attached hydrogens (tertiary/aromatic N) is 4. The summed E-state index contributed by atoms with van der Waals surface area (Å²) in [5, 5.41) is 21.8. The fraction of sp³-hybridized carbons (Fsp3) is 0.417. The summed E-state index contributed by atoms with van der Waals surface area (Å²) in [5.41, 5.74) is 4.83. The van der Waals surface area contributed by atoms with Crippen LogP contribution in [0.15, 0.2) is 21.7 Å². The molecule has 0 bridgehead atoms. The Balaban J connectivity index is 1.77. The SMILES string of the molecule is Cn1nc(O)c(=O)nc1SCC1C=C(C(=O)O)N2C(=O)[C@@H](N)[C@H]2S1. The van der Waals surface area contributed by atoms with E-state index >= 15 is 0 Å². The number of thioether (sulfide) groups is 2. The average Bonchev–Trinajstić information content (AvgIpc) is 2.55. The van der Waals surface area contributed by atoms with E-state index in [1.165, 1.54) is 46.2 Å². The zero-order chi connectivity index (χ0) is 17.6. The Morgan fingerprint density at radius 2 is 2.21 bits per heavy atom. The molecule has 3 atom stereocenters. The molecule has 10 nitrogen and oxygen atoms in total. The molecule has 1 unspecified atom stereocenters. The first-order chi connectivity index (χ1) is 11.3. The minimum Gasteiger partial charge on any atom is -0.488 e. The molecule has 128 valence electrons. The van der Waals surface area contributed by atoms with E-state index in [4.69, 9.17) is 5.73 Å². The number of β-lactam (4-membered cyclic amide) rings is 1. The lowest BCUT2D eigenvalue weighted by Crippen LogP contribution is -2.68. The molecule has 24 heavy (non-hydrogen) atoms. The van der Waals surface area contributed by atoms with Crippen LogP contribution in [0.4, 0.5) is 0 Å². The molecule has 1 saturated heterocycles. The molecule has 4 N–H and O–H groups in total. The van der Waals surface area contributed by atoms with Gasteiger partial charge in [0.1, 0.15) is 17.1 Å². The van der Waals surface area contributed by atoms with E-state index in [1.807, 2.05) is 0 Å². The molecule has 1 aromatic rings. The number of carboxylic acids is 1. The van der Waals surface area contributed by atoms with Crippen molar-refractivity contribution in [2.45, 2.75) is 21.8 Å². The average molecular weight is 371 g/mol. The molecule has 0 aromatic carbocycles. The number of aromatic nitrogens is 3. The molecule has 0 spiro atoms. The van der Waals surface area contributed by atoms with Gasteiger partial charge in [0.15, 0.2) is 5.16 Å². The largest absolute Gasteiger partial charge is 0.488 e. The van der Waals surface area contributed by atoms with E-state index in [1.54, 1.807) is 0 Å². The second-order valence-corrected chi connectivity index (χ2v) is 7.46. The van der Waals surface area contributed by atoms with Crippen molar-refractivity contribution in [3.63, 3.8) is 0 Å². The van der Waals surface area contributed by atoms with Gasteiger partial charge in [-0.2, -0.15) is 4.98 Å². The van der Waals surface area contributed by atoms with Gasteiger partial charge in [-0.1, -0.05) is 11.8 Å². The van der Waals surface area contributed by atoms with Crippen LogP contribution in [-0.4, -0.2) is 64.2 Å². The van der Waals surface area contributed by atoms with Gasteiger partial charge in [0.2, 0.25) is 5.91 Å². The molecular weight excluding hydrogens is 358 g/mol. The first kappa shape index (κ1) is 16.8. The van der Waals surface area contributed by atoms with Crippen molar-refractivity contribution in [2.24, 2.45) is 12.8 Å². The number of carbonyl (C=O) groups is 2. The van der Waals surface area contributed by atoms with E-state index in [9.17, 15) is 24.6 Å². The lowest BCUT2D eigenvalue weighted by molar-refractivity contribution is -0.147. The second-order valence-electron chi connectivity index (χ2n) is 5.11. The summed E-state index contributed by atoms with van der Waals surface area (Å²) < 4.78 is 1.27. The minimum atomic E-state index is -1.19. The topological polar surface area (TPSA) is 152 Å². The lowest BCUT2D eigenvalue weighted by atomic mass is 10.1. The zero-order valence-electron chi connectivity index (χ0n) is 12.3. The summed E-state index contributed by atoms with van der Waals surface area (Å²) in [6.07, 6.45) is 1.49. The lowest BCUT2D eigenvalue weighted by Gasteiger charge is -2.48. The maximum absolute atomic E-state index is 11.7. The third-order valence-corrected chi connectivity index (χ3v) is 6.29. The Morgan fingerprint density at radius 3 is 2.88 bits per heavy atom. The van der Waals surface area contributed by atoms with E-state index in [0.717, 1.165) is 0 Å². The van der Waals surface area contributed by atoms with Crippen LogP contribution in [0.1, 0.15) is 0 Å². The molecule has 12 heteroatoms. The smallest absolute Gasteiger partial charge is 0.352 e. The molecule has 0 radical (unpaired) electrons. The van der Waals surface area contributed by atoms with Gasteiger partial charge in [0, 0.05) is 18.1 Å². The summed E-state index contributed by atoms with van der Waals surface area (Å²) in [5.74, 6) is -1.87. The van der Waals surface area contributed by atoms with E-state index in [2.05, 4.69) is 10.1 Å². The van der Waals surface area contributed by atoms with E-state index in [0.29, 0.717) is 10.9 Å². The van der Waals surface area contributed by atoms with Gasteiger partial charge in [-0.3, -0.25) is 14.5 Å². The molecule has 3 rings (SSSR count). The highest BCUT2D eigenvalue weighted by atomic mass is 32.2. The molecule has 2 aliphatic rings. The molecule has 2 aliphatic heterocycles. The number of aromatic hydroxyl groups is 1. The molecule has 3 heterocycles. The van der Waals surface area contributed by atoms with Crippen molar-refractivity contribution in [1.29, 1.82) is 0 Å². The van der Waals surface area contributed by atoms with Gasteiger partial charge in [0.25, 0.3) is 5.88 Å². The molecule has 1 amide bonds. The third kappa shape index (κ3) is 2.76. The first-order valence-electron chi connectivity index (χ1n) is 6.76. The van der Waals surface area contributed by atoms with Crippen molar-refractivity contribution < 1.29 is 19.8 Å². The predicted molar refractivity (Wildman–Crippen MR) is 85.4 cm³/mol. The Labute approximate surface area is 143 Å². The standard InChI is InChI=1S/C12H13N5O5S2/c1-16-12(14-7(18)8(19)15-16)23-3-4-2-5(11(21)22)17-9(20)6(13)10(17)24-4/h2,4,6,10H,3,13H2,1H3,(H,15,19)(H,21,22)/t4?,6-,10-/m1/s1. The first-order valence-corrected chi connectivity index (χ1v) is 8.68. The summed E-state index contributed by atoms with van der Waals surface area (Å²) in [6.45, 7) is 0. The Morgan fingerprint density at radius 1 is 1.50 bits per heavy atom. The minimum absolute atomic E-state index is 0.0817. The summed E-state index contributed by atoms with van der Waals surface area (Å²) in [6, 6.07) is -0.719. The Kier molecular flexibility index (Phi) is 4.27. The fourth-order valence-corrected chi connectivity index (χ4v) is 4.84. The number of nitrogens with two attached hydrogens (primary N) is 1. The van der Waals surface area contributed by atoms with Gasteiger partial charge >= 0.3 is 11.5 Å². The van der Waals surface area contributed by atoms with Crippen molar-refractivity contribution >= 4 is 35.4 Å². The number of rotatable bonds is 4. The number of hydrogen-bond donors (Lipinski definition) is 3. The number of carboxylic acid groups (broad SMARTS) is 1. The molecule has 1 aromatic heterocycles. The van der Waals surface area contributed by atoms with Gasteiger partial charge in [-0.25, -0.2) is 9.48 Å². The normalized spacial score (nSPS) is 25.8. The van der Waals surface area contributed by atoms with Crippen LogP contribution in [0, 0.1) is 0 Å². The molecule has 0 aliphatic carbocycles. The van der Waals surface area contributed by atoms with E-state index < -0.39 is 34.7 Å². The van der Waals surface area contributed by atoms with Crippen molar-refractivity contribution in [2.75, 3.05) is 5.75 Å². The second kappa shape index (κ2) is 6.11. The highest BCUT2D eigenvalue weighted by molar-refractivity contribution is 8.03. The number of amides is 1. The van der Waals surface area contributed by atoms with Crippen molar-refractivity contribution in [1.82, 2.24) is 19.7 Å². The van der Waals surface area contributed by atoms with Crippen LogP contribution < -0.4 is 11.3 Å². The number of carbonyl (C=O) groups excluding carboxylic acids is 1. The highest BCUT2D eigenvalue weighted by Crippen LogP contribution is 2.41. The van der Waals surface area contributed by atoms with Crippen LogP contribution in [0.3, 0.4) is 0 Å². The number of aryl methyl sites for hydroxylation is 1.